The number of hydrogen-bond donors (Lipinski definition) is 1. The highest BCUT2D eigenvalue weighted by Crippen LogP contribution is 2.25. The summed E-state index contributed by atoms with van der Waals surface area (Å²) in [6, 6.07) is 11.3. The first-order valence-corrected chi connectivity index (χ1v) is 5.82. The minimum Gasteiger partial charge on any atom is -0.495 e. The predicted octanol–water partition coefficient (Wildman–Crippen LogP) is 3.40. The summed E-state index contributed by atoms with van der Waals surface area (Å²) in [5.74, 6) is -0.510. The van der Waals surface area contributed by atoms with Gasteiger partial charge in [-0.2, -0.15) is 0 Å². The van der Waals surface area contributed by atoms with E-state index < -0.39 is 11.7 Å². The van der Waals surface area contributed by atoms with Crippen molar-refractivity contribution in [3.8, 4) is 5.75 Å². The van der Waals surface area contributed by atoms with Crippen molar-refractivity contribution < 1.29 is 13.9 Å². The maximum Gasteiger partial charge on any atom is 0.258 e. The second-order valence-electron chi connectivity index (χ2n) is 4.14. The Morgan fingerprint density at radius 1 is 1.21 bits per heavy atom. The molecule has 0 aromatic heterocycles. The smallest absolute Gasteiger partial charge is 0.258 e. The van der Waals surface area contributed by atoms with Crippen molar-refractivity contribution in [2.75, 3.05) is 12.4 Å². The van der Waals surface area contributed by atoms with Gasteiger partial charge in [0.2, 0.25) is 0 Å². The largest absolute Gasteiger partial charge is 0.495 e. The van der Waals surface area contributed by atoms with Crippen LogP contribution in [0.5, 0.6) is 5.75 Å². The zero-order valence-corrected chi connectivity index (χ0v) is 10.7. The molecule has 3 nitrogen and oxygen atoms in total. The molecule has 19 heavy (non-hydrogen) atoms. The molecule has 0 heterocycles. The van der Waals surface area contributed by atoms with Gasteiger partial charge < -0.3 is 10.1 Å². The van der Waals surface area contributed by atoms with Gasteiger partial charge in [0.05, 0.1) is 18.4 Å². The first-order chi connectivity index (χ1) is 9.11. The van der Waals surface area contributed by atoms with Crippen LogP contribution in [0.25, 0.3) is 0 Å². The summed E-state index contributed by atoms with van der Waals surface area (Å²) in [5, 5.41) is 2.66. The summed E-state index contributed by atoms with van der Waals surface area (Å²) < 4.78 is 18.7. The highest BCUT2D eigenvalue weighted by molar-refractivity contribution is 6.05. The third kappa shape index (κ3) is 2.91. The molecule has 0 unspecified atom stereocenters. The first kappa shape index (κ1) is 13.1. The van der Waals surface area contributed by atoms with Gasteiger partial charge in [0.1, 0.15) is 11.6 Å². The second-order valence-corrected chi connectivity index (χ2v) is 4.14. The van der Waals surface area contributed by atoms with E-state index in [2.05, 4.69) is 5.32 Å². The summed E-state index contributed by atoms with van der Waals surface area (Å²) in [6.45, 7) is 1.90. The molecule has 0 atom stereocenters. The predicted molar refractivity (Wildman–Crippen MR) is 72.1 cm³/mol. The van der Waals surface area contributed by atoms with Crippen LogP contribution in [0.4, 0.5) is 10.1 Å². The Bertz CT molecular complexity index is 611. The summed E-state index contributed by atoms with van der Waals surface area (Å²) in [4.78, 5) is 12.0. The molecule has 1 N–H and O–H groups in total. The lowest BCUT2D eigenvalue weighted by Gasteiger charge is -2.11. The van der Waals surface area contributed by atoms with Gasteiger partial charge in [0.25, 0.3) is 5.91 Å². The number of anilines is 1. The molecule has 2 aromatic carbocycles. The van der Waals surface area contributed by atoms with Crippen LogP contribution in [0, 0.1) is 12.7 Å². The van der Waals surface area contributed by atoms with Gasteiger partial charge in [-0.25, -0.2) is 4.39 Å². The third-order valence-electron chi connectivity index (χ3n) is 2.72. The number of carbonyl (C=O) groups is 1. The molecular weight excluding hydrogens is 245 g/mol. The van der Waals surface area contributed by atoms with Gasteiger partial charge in [0.15, 0.2) is 0 Å². The molecule has 0 saturated carbocycles. The minimum atomic E-state index is -0.549. The van der Waals surface area contributed by atoms with E-state index in [4.69, 9.17) is 4.74 Å². The lowest BCUT2D eigenvalue weighted by atomic mass is 10.1. The van der Waals surface area contributed by atoms with Gasteiger partial charge in [-0.05, 0) is 36.8 Å². The molecule has 2 aromatic rings. The van der Waals surface area contributed by atoms with Crippen LogP contribution >= 0.6 is 0 Å². The minimum absolute atomic E-state index is 0.00561. The zero-order valence-electron chi connectivity index (χ0n) is 10.7. The molecule has 4 heteroatoms. The average Bonchev–Trinajstić information content (AvgIpc) is 2.39. The van der Waals surface area contributed by atoms with Crippen LogP contribution in [-0.4, -0.2) is 13.0 Å². The second kappa shape index (κ2) is 5.52. The number of aryl methyl sites for hydroxylation is 1. The van der Waals surface area contributed by atoms with Crippen molar-refractivity contribution in [1.82, 2.24) is 0 Å². The van der Waals surface area contributed by atoms with E-state index in [0.717, 1.165) is 5.56 Å². The quantitative estimate of drug-likeness (QED) is 0.917. The first-order valence-electron chi connectivity index (χ1n) is 5.82. The Balaban J connectivity index is 2.29. The van der Waals surface area contributed by atoms with Gasteiger partial charge >= 0.3 is 0 Å². The standard InChI is InChI=1S/C15H14FNO2/c1-10-7-8-14(19-2)13(9-10)17-15(18)11-5-3-4-6-12(11)16/h3-9H,1-2H3,(H,17,18). The molecule has 0 aliphatic rings. The summed E-state index contributed by atoms with van der Waals surface area (Å²) in [5.41, 5.74) is 1.51. The summed E-state index contributed by atoms with van der Waals surface area (Å²) in [7, 11) is 1.52. The molecule has 2 rings (SSSR count). The fraction of sp³-hybridized carbons (Fsp3) is 0.133. The van der Waals surface area contributed by atoms with Crippen LogP contribution in [0.1, 0.15) is 15.9 Å². The zero-order chi connectivity index (χ0) is 13.8. The topological polar surface area (TPSA) is 38.3 Å². The van der Waals surface area contributed by atoms with Crippen LogP contribution in [0.2, 0.25) is 0 Å². The number of nitrogens with one attached hydrogen (secondary N) is 1. The number of carbonyl (C=O) groups excluding carboxylic acids is 1. The van der Waals surface area contributed by atoms with Crippen LogP contribution in [0.3, 0.4) is 0 Å². The number of benzene rings is 2. The lowest BCUT2D eigenvalue weighted by Crippen LogP contribution is -2.14. The Labute approximate surface area is 111 Å². The number of amides is 1. The van der Waals surface area contributed by atoms with Crippen molar-refractivity contribution in [3.63, 3.8) is 0 Å². The van der Waals surface area contributed by atoms with Gasteiger partial charge in [-0.3, -0.25) is 4.79 Å². The number of methoxy groups -OCH3 is 1. The van der Waals surface area contributed by atoms with E-state index in [9.17, 15) is 9.18 Å². The van der Waals surface area contributed by atoms with Crippen LogP contribution < -0.4 is 10.1 Å². The number of hydrogen-bond acceptors (Lipinski definition) is 2. The van der Waals surface area contributed by atoms with Crippen molar-refractivity contribution >= 4 is 11.6 Å². The molecular formula is C15H14FNO2. The SMILES string of the molecule is COc1ccc(C)cc1NC(=O)c1ccccc1F. The molecule has 98 valence electrons. The number of rotatable bonds is 3. The number of ether oxygens (including phenoxy) is 1. The molecule has 1 amide bonds. The summed E-state index contributed by atoms with van der Waals surface area (Å²) in [6.07, 6.45) is 0. The van der Waals surface area contributed by atoms with Crippen LogP contribution in [0.15, 0.2) is 42.5 Å². The van der Waals surface area contributed by atoms with E-state index in [1.165, 1.54) is 19.2 Å². The van der Waals surface area contributed by atoms with Gasteiger partial charge in [0, 0.05) is 0 Å². The highest BCUT2D eigenvalue weighted by Gasteiger charge is 2.13. The van der Waals surface area contributed by atoms with Crippen molar-refractivity contribution in [2.45, 2.75) is 6.92 Å². The van der Waals surface area contributed by atoms with E-state index in [0.29, 0.717) is 11.4 Å². The van der Waals surface area contributed by atoms with Gasteiger partial charge in [-0.15, -0.1) is 0 Å². The van der Waals surface area contributed by atoms with E-state index >= 15 is 0 Å². The fourth-order valence-electron chi connectivity index (χ4n) is 1.75. The molecule has 0 saturated heterocycles. The maximum absolute atomic E-state index is 13.5. The third-order valence-corrected chi connectivity index (χ3v) is 2.72. The van der Waals surface area contributed by atoms with E-state index in [1.807, 2.05) is 13.0 Å². The normalized spacial score (nSPS) is 10.1. The van der Waals surface area contributed by atoms with Crippen molar-refractivity contribution in [1.29, 1.82) is 0 Å². The molecule has 0 aliphatic heterocycles. The van der Waals surface area contributed by atoms with Gasteiger partial charge in [-0.1, -0.05) is 18.2 Å². The highest BCUT2D eigenvalue weighted by atomic mass is 19.1. The Morgan fingerprint density at radius 3 is 2.63 bits per heavy atom. The molecule has 0 bridgehead atoms. The van der Waals surface area contributed by atoms with E-state index in [1.54, 1.807) is 24.3 Å². The monoisotopic (exact) mass is 259 g/mol. The van der Waals surface area contributed by atoms with Crippen molar-refractivity contribution in [2.24, 2.45) is 0 Å². The molecule has 0 radical (unpaired) electrons. The maximum atomic E-state index is 13.5. The fourth-order valence-corrected chi connectivity index (χ4v) is 1.75. The molecule has 0 aliphatic carbocycles. The number of halogens is 1. The van der Waals surface area contributed by atoms with Crippen molar-refractivity contribution in [3.05, 3.63) is 59.4 Å². The van der Waals surface area contributed by atoms with E-state index in [-0.39, 0.29) is 5.56 Å². The summed E-state index contributed by atoms with van der Waals surface area (Å²) >= 11 is 0. The Hall–Kier alpha value is -2.36. The molecule has 0 fully saturated rings. The molecule has 0 spiro atoms. The average molecular weight is 259 g/mol. The Kier molecular flexibility index (Phi) is 3.80. The lowest BCUT2D eigenvalue weighted by molar-refractivity contribution is 0.102. The Morgan fingerprint density at radius 2 is 1.95 bits per heavy atom. The van der Waals surface area contributed by atoms with Crippen LogP contribution in [-0.2, 0) is 0 Å².